The molecule has 0 amide bonds. The van der Waals surface area contributed by atoms with Crippen LogP contribution in [-0.2, 0) is 0 Å². The molecule has 0 aliphatic rings. The van der Waals surface area contributed by atoms with Crippen molar-refractivity contribution in [3.8, 4) is 11.5 Å². The number of carbonyl (C=O) groups is 1. The molecule has 0 fully saturated rings. The quantitative estimate of drug-likeness (QED) is 0.463. The number of anilines is 1. The van der Waals surface area contributed by atoms with E-state index >= 15 is 0 Å². The van der Waals surface area contributed by atoms with Crippen molar-refractivity contribution in [3.63, 3.8) is 0 Å². The van der Waals surface area contributed by atoms with Crippen molar-refractivity contribution in [2.45, 2.75) is 0 Å². The van der Waals surface area contributed by atoms with Gasteiger partial charge >= 0.3 is 5.97 Å². The zero-order valence-corrected chi connectivity index (χ0v) is 6.94. The second-order valence-electron chi connectivity index (χ2n) is 2.42. The minimum Gasteiger partial charge on any atom is -0.504 e. The number of carboxylic acids is 1. The number of phenols is 1. The molecule has 0 bridgehead atoms. The highest BCUT2D eigenvalue weighted by Crippen LogP contribution is 2.32. The van der Waals surface area contributed by atoms with Gasteiger partial charge in [-0.2, -0.15) is 0 Å². The van der Waals surface area contributed by atoms with E-state index in [1.54, 1.807) is 0 Å². The molecule has 0 saturated heterocycles. The van der Waals surface area contributed by atoms with Crippen LogP contribution < -0.4 is 10.5 Å². The maximum absolute atomic E-state index is 10.6. The first kappa shape index (κ1) is 9.18. The Morgan fingerprint density at radius 2 is 2.15 bits per heavy atom. The summed E-state index contributed by atoms with van der Waals surface area (Å²) in [4.78, 5) is 10.6. The SMILES string of the molecule is COc1cc(N)cc(C(=O)O)c1O. The Bertz CT molecular complexity index is 348. The zero-order chi connectivity index (χ0) is 10.0. The van der Waals surface area contributed by atoms with Gasteiger partial charge in [-0.05, 0) is 6.07 Å². The van der Waals surface area contributed by atoms with Crippen molar-refractivity contribution in [1.82, 2.24) is 0 Å². The van der Waals surface area contributed by atoms with Gasteiger partial charge < -0.3 is 20.7 Å². The van der Waals surface area contributed by atoms with Gasteiger partial charge in [0, 0.05) is 11.8 Å². The molecule has 0 saturated carbocycles. The fourth-order valence-electron chi connectivity index (χ4n) is 0.948. The second kappa shape index (κ2) is 3.22. The molecule has 1 rings (SSSR count). The van der Waals surface area contributed by atoms with Gasteiger partial charge in [-0.25, -0.2) is 4.79 Å². The van der Waals surface area contributed by atoms with Gasteiger partial charge in [-0.3, -0.25) is 0 Å². The van der Waals surface area contributed by atoms with Gasteiger partial charge in [0.15, 0.2) is 11.5 Å². The minimum absolute atomic E-state index is 0.0531. The molecule has 0 aliphatic heterocycles. The summed E-state index contributed by atoms with van der Waals surface area (Å²) < 4.78 is 4.72. The molecule has 0 unspecified atom stereocenters. The number of benzene rings is 1. The van der Waals surface area contributed by atoms with Gasteiger partial charge in [0.25, 0.3) is 0 Å². The highest BCUT2D eigenvalue weighted by Gasteiger charge is 2.14. The summed E-state index contributed by atoms with van der Waals surface area (Å²) >= 11 is 0. The predicted molar refractivity (Wildman–Crippen MR) is 46.0 cm³/mol. The molecule has 0 aromatic heterocycles. The Labute approximate surface area is 74.4 Å². The molecule has 70 valence electrons. The molecule has 0 heterocycles. The molecule has 1 aromatic carbocycles. The third kappa shape index (κ3) is 1.64. The number of carboxylic acid groups (broad SMARTS) is 1. The lowest BCUT2D eigenvalue weighted by Gasteiger charge is -2.06. The molecule has 0 atom stereocenters. The Morgan fingerprint density at radius 1 is 1.54 bits per heavy atom. The maximum atomic E-state index is 10.6. The van der Waals surface area contributed by atoms with E-state index in [-0.39, 0.29) is 17.0 Å². The number of ether oxygens (including phenoxy) is 1. The van der Waals surface area contributed by atoms with E-state index < -0.39 is 11.7 Å². The summed E-state index contributed by atoms with van der Waals surface area (Å²) in [5.74, 6) is -1.61. The van der Waals surface area contributed by atoms with Crippen molar-refractivity contribution >= 4 is 11.7 Å². The third-order valence-electron chi connectivity index (χ3n) is 1.55. The van der Waals surface area contributed by atoms with Crippen molar-refractivity contribution in [2.24, 2.45) is 0 Å². The van der Waals surface area contributed by atoms with E-state index in [4.69, 9.17) is 15.6 Å². The van der Waals surface area contributed by atoms with E-state index in [2.05, 4.69) is 0 Å². The number of aromatic hydroxyl groups is 1. The first-order chi connectivity index (χ1) is 6.06. The van der Waals surface area contributed by atoms with Crippen LogP contribution >= 0.6 is 0 Å². The summed E-state index contributed by atoms with van der Waals surface area (Å²) in [5, 5.41) is 18.0. The smallest absolute Gasteiger partial charge is 0.339 e. The summed E-state index contributed by atoms with van der Waals surface area (Å²) in [6.07, 6.45) is 0. The monoisotopic (exact) mass is 183 g/mol. The van der Waals surface area contributed by atoms with Crippen molar-refractivity contribution < 1.29 is 19.7 Å². The van der Waals surface area contributed by atoms with Crippen LogP contribution in [0.2, 0.25) is 0 Å². The average Bonchev–Trinajstić information content (AvgIpc) is 2.08. The summed E-state index contributed by atoms with van der Waals surface area (Å²) in [5.41, 5.74) is 5.35. The number of nitrogens with two attached hydrogens (primary N) is 1. The van der Waals surface area contributed by atoms with E-state index in [1.165, 1.54) is 19.2 Å². The normalized spacial score (nSPS) is 9.62. The standard InChI is InChI=1S/C8H9NO4/c1-13-6-3-4(9)2-5(7(6)10)8(11)12/h2-3,10H,9H2,1H3,(H,11,12). The van der Waals surface area contributed by atoms with Gasteiger partial charge in [-0.1, -0.05) is 0 Å². The Hall–Kier alpha value is -1.91. The molecule has 5 heteroatoms. The van der Waals surface area contributed by atoms with Crippen molar-refractivity contribution in [2.75, 3.05) is 12.8 Å². The molecule has 0 spiro atoms. The predicted octanol–water partition coefficient (Wildman–Crippen LogP) is 0.681. The molecule has 5 nitrogen and oxygen atoms in total. The highest BCUT2D eigenvalue weighted by molar-refractivity contribution is 5.93. The van der Waals surface area contributed by atoms with Gasteiger partial charge in [0.1, 0.15) is 5.56 Å². The molecular formula is C8H9NO4. The zero-order valence-electron chi connectivity index (χ0n) is 6.94. The first-order valence-electron chi connectivity index (χ1n) is 3.46. The molecule has 1 aromatic rings. The van der Waals surface area contributed by atoms with Crippen LogP contribution in [0.5, 0.6) is 11.5 Å². The lowest BCUT2D eigenvalue weighted by atomic mass is 10.1. The molecule has 0 aliphatic carbocycles. The second-order valence-corrected chi connectivity index (χ2v) is 2.42. The van der Waals surface area contributed by atoms with Crippen molar-refractivity contribution in [1.29, 1.82) is 0 Å². The number of hydrogen-bond donors (Lipinski definition) is 3. The van der Waals surface area contributed by atoms with E-state index in [9.17, 15) is 9.90 Å². The fraction of sp³-hybridized carbons (Fsp3) is 0.125. The van der Waals surface area contributed by atoms with Crippen LogP contribution in [0.25, 0.3) is 0 Å². The number of aromatic carboxylic acids is 1. The van der Waals surface area contributed by atoms with Crippen molar-refractivity contribution in [3.05, 3.63) is 17.7 Å². The van der Waals surface area contributed by atoms with E-state index in [1.807, 2.05) is 0 Å². The van der Waals surface area contributed by atoms with Crippen LogP contribution in [0.1, 0.15) is 10.4 Å². The van der Waals surface area contributed by atoms with E-state index in [0.717, 1.165) is 0 Å². The van der Waals surface area contributed by atoms with Crippen LogP contribution in [0.15, 0.2) is 12.1 Å². The first-order valence-corrected chi connectivity index (χ1v) is 3.46. The molecular weight excluding hydrogens is 174 g/mol. The van der Waals surface area contributed by atoms with Gasteiger partial charge in [0.2, 0.25) is 0 Å². The molecule has 4 N–H and O–H groups in total. The van der Waals surface area contributed by atoms with Crippen LogP contribution in [-0.4, -0.2) is 23.3 Å². The Kier molecular flexibility index (Phi) is 2.27. The van der Waals surface area contributed by atoms with Gasteiger partial charge in [0.05, 0.1) is 7.11 Å². The number of rotatable bonds is 2. The number of nitrogen functional groups attached to an aromatic ring is 1. The number of hydrogen-bond acceptors (Lipinski definition) is 4. The van der Waals surface area contributed by atoms with E-state index in [0.29, 0.717) is 0 Å². The third-order valence-corrected chi connectivity index (χ3v) is 1.55. The maximum Gasteiger partial charge on any atom is 0.339 e. The lowest BCUT2D eigenvalue weighted by Crippen LogP contribution is -2.00. The largest absolute Gasteiger partial charge is 0.504 e. The van der Waals surface area contributed by atoms with Crippen LogP contribution in [0.4, 0.5) is 5.69 Å². The average molecular weight is 183 g/mol. The lowest BCUT2D eigenvalue weighted by molar-refractivity contribution is 0.0693. The topological polar surface area (TPSA) is 92.8 Å². The van der Waals surface area contributed by atoms with Crippen LogP contribution in [0.3, 0.4) is 0 Å². The molecule has 13 heavy (non-hydrogen) atoms. The Balaban J connectivity index is 3.35. The van der Waals surface area contributed by atoms with Crippen LogP contribution in [0, 0.1) is 0 Å². The number of methoxy groups -OCH3 is 1. The minimum atomic E-state index is -1.25. The Morgan fingerprint density at radius 3 is 2.62 bits per heavy atom. The highest BCUT2D eigenvalue weighted by atomic mass is 16.5. The summed E-state index contributed by atoms with van der Waals surface area (Å²) in [6.45, 7) is 0. The molecule has 0 radical (unpaired) electrons. The fourth-order valence-corrected chi connectivity index (χ4v) is 0.948. The van der Waals surface area contributed by atoms with Gasteiger partial charge in [-0.15, -0.1) is 0 Å². The summed E-state index contributed by atoms with van der Waals surface area (Å²) in [7, 11) is 1.32. The summed E-state index contributed by atoms with van der Waals surface area (Å²) in [6, 6.07) is 2.52.